The quantitative estimate of drug-likeness (QED) is 0.787. The molecule has 0 aliphatic rings. The molecular formula is C13H15NO2. The van der Waals surface area contributed by atoms with E-state index in [0.29, 0.717) is 0 Å². The number of hydrogen-bond donors (Lipinski definition) is 1. The Balaban J connectivity index is 2.96. The third-order valence-corrected chi connectivity index (χ3v) is 2.29. The van der Waals surface area contributed by atoms with Crippen LogP contribution in [0.25, 0.3) is 0 Å². The first kappa shape index (κ1) is 12.1. The normalized spacial score (nSPS) is 9.12. The van der Waals surface area contributed by atoms with Crippen LogP contribution < -0.4 is 4.90 Å². The second kappa shape index (κ2) is 5.82. The summed E-state index contributed by atoms with van der Waals surface area (Å²) in [5.41, 5.74) is 1.80. The third-order valence-electron chi connectivity index (χ3n) is 2.29. The number of hydrogen-bond acceptors (Lipinski definition) is 2. The van der Waals surface area contributed by atoms with Gasteiger partial charge in [0.25, 0.3) is 0 Å². The van der Waals surface area contributed by atoms with Crippen LogP contribution in [0.3, 0.4) is 0 Å². The molecule has 0 heterocycles. The maximum atomic E-state index is 10.3. The first-order valence-electron chi connectivity index (χ1n) is 5.27. The highest BCUT2D eigenvalue weighted by molar-refractivity contribution is 5.87. The lowest BCUT2D eigenvalue weighted by Gasteiger charge is -2.20. The SMILES string of the molecule is CCN(CC)c1cccc(C#CC(=O)O)c1. The molecule has 3 nitrogen and oxygen atoms in total. The lowest BCUT2D eigenvalue weighted by molar-refractivity contribution is -0.130. The molecule has 0 saturated carbocycles. The number of aliphatic carboxylic acids is 1. The van der Waals surface area contributed by atoms with Gasteiger partial charge in [-0.25, -0.2) is 4.79 Å². The van der Waals surface area contributed by atoms with E-state index in [9.17, 15) is 4.79 Å². The van der Waals surface area contributed by atoms with Crippen LogP contribution in [0.5, 0.6) is 0 Å². The van der Waals surface area contributed by atoms with Gasteiger partial charge < -0.3 is 10.0 Å². The summed E-state index contributed by atoms with van der Waals surface area (Å²) in [5, 5.41) is 8.46. The van der Waals surface area contributed by atoms with E-state index in [1.165, 1.54) is 0 Å². The van der Waals surface area contributed by atoms with Gasteiger partial charge in [0.05, 0.1) is 0 Å². The lowest BCUT2D eigenvalue weighted by Crippen LogP contribution is -2.21. The average Bonchev–Trinajstić information content (AvgIpc) is 2.29. The molecule has 1 N–H and O–H groups in total. The molecule has 0 saturated heterocycles. The van der Waals surface area contributed by atoms with Gasteiger partial charge in [0, 0.05) is 30.3 Å². The fourth-order valence-corrected chi connectivity index (χ4v) is 1.49. The van der Waals surface area contributed by atoms with Crippen LogP contribution in [0.2, 0.25) is 0 Å². The summed E-state index contributed by atoms with van der Waals surface area (Å²) in [5.74, 6) is 3.62. The molecule has 0 aliphatic carbocycles. The van der Waals surface area contributed by atoms with Crippen LogP contribution >= 0.6 is 0 Å². The van der Waals surface area contributed by atoms with Crippen molar-refractivity contribution in [3.63, 3.8) is 0 Å². The maximum absolute atomic E-state index is 10.3. The van der Waals surface area contributed by atoms with Crippen LogP contribution in [0, 0.1) is 11.8 Å². The second-order valence-electron chi connectivity index (χ2n) is 3.28. The summed E-state index contributed by atoms with van der Waals surface area (Å²) in [4.78, 5) is 12.5. The van der Waals surface area contributed by atoms with Gasteiger partial charge in [-0.15, -0.1) is 0 Å². The standard InChI is InChI=1S/C13H15NO2/c1-3-14(4-2)12-7-5-6-11(10-12)8-9-13(15)16/h5-7,10H,3-4H2,1-2H3,(H,15,16). The molecule has 0 spiro atoms. The molecule has 1 aromatic carbocycles. The van der Waals surface area contributed by atoms with E-state index in [0.717, 1.165) is 24.3 Å². The molecule has 0 unspecified atom stereocenters. The van der Waals surface area contributed by atoms with Crippen LogP contribution in [0.4, 0.5) is 5.69 Å². The van der Waals surface area contributed by atoms with Crippen LogP contribution in [0.15, 0.2) is 24.3 Å². The van der Waals surface area contributed by atoms with E-state index in [-0.39, 0.29) is 0 Å². The molecule has 0 atom stereocenters. The number of nitrogens with zero attached hydrogens (tertiary/aromatic N) is 1. The summed E-state index contributed by atoms with van der Waals surface area (Å²) < 4.78 is 0. The Kier molecular flexibility index (Phi) is 4.41. The molecule has 84 valence electrons. The molecule has 0 fully saturated rings. The van der Waals surface area contributed by atoms with Gasteiger partial charge in [0.1, 0.15) is 0 Å². The minimum Gasteiger partial charge on any atom is -0.472 e. The molecule has 3 heteroatoms. The number of carbonyl (C=O) groups is 1. The minimum absolute atomic E-state index is 0.729. The molecule has 1 rings (SSSR count). The largest absolute Gasteiger partial charge is 0.472 e. The Labute approximate surface area is 95.7 Å². The van der Waals surface area contributed by atoms with Gasteiger partial charge in [0.15, 0.2) is 0 Å². The summed E-state index contributed by atoms with van der Waals surface area (Å²) >= 11 is 0. The van der Waals surface area contributed by atoms with E-state index in [1.54, 1.807) is 0 Å². The molecule has 16 heavy (non-hydrogen) atoms. The number of benzene rings is 1. The first-order valence-corrected chi connectivity index (χ1v) is 5.27. The van der Waals surface area contributed by atoms with Crippen LogP contribution in [0.1, 0.15) is 19.4 Å². The Morgan fingerprint density at radius 2 is 2.06 bits per heavy atom. The first-order chi connectivity index (χ1) is 7.67. The average molecular weight is 217 g/mol. The Morgan fingerprint density at radius 1 is 1.38 bits per heavy atom. The Bertz CT molecular complexity index is 425. The van der Waals surface area contributed by atoms with E-state index in [4.69, 9.17) is 5.11 Å². The van der Waals surface area contributed by atoms with Crippen molar-refractivity contribution in [1.29, 1.82) is 0 Å². The van der Waals surface area contributed by atoms with Crippen molar-refractivity contribution in [1.82, 2.24) is 0 Å². The topological polar surface area (TPSA) is 40.5 Å². The fourth-order valence-electron chi connectivity index (χ4n) is 1.49. The summed E-state index contributed by atoms with van der Waals surface area (Å²) in [6, 6.07) is 7.60. The predicted octanol–water partition coefficient (Wildman–Crippen LogP) is 1.97. The minimum atomic E-state index is -1.10. The molecule has 0 bridgehead atoms. The number of rotatable bonds is 3. The van der Waals surface area contributed by atoms with Crippen molar-refractivity contribution in [2.45, 2.75) is 13.8 Å². The lowest BCUT2D eigenvalue weighted by atomic mass is 10.2. The zero-order valence-electron chi connectivity index (χ0n) is 9.53. The zero-order chi connectivity index (χ0) is 12.0. The molecule has 0 radical (unpaired) electrons. The molecule has 0 aromatic heterocycles. The molecular weight excluding hydrogens is 202 g/mol. The second-order valence-corrected chi connectivity index (χ2v) is 3.28. The maximum Gasteiger partial charge on any atom is 0.382 e. The molecule has 0 aliphatic heterocycles. The number of carboxylic acid groups (broad SMARTS) is 1. The predicted molar refractivity (Wildman–Crippen MR) is 64.5 cm³/mol. The monoisotopic (exact) mass is 217 g/mol. The van der Waals surface area contributed by atoms with Crippen molar-refractivity contribution in [3.05, 3.63) is 29.8 Å². The fraction of sp³-hybridized carbons (Fsp3) is 0.308. The van der Waals surface area contributed by atoms with E-state index >= 15 is 0 Å². The number of carboxylic acids is 1. The molecule has 1 aromatic rings. The van der Waals surface area contributed by atoms with Crippen LogP contribution in [-0.4, -0.2) is 24.2 Å². The smallest absolute Gasteiger partial charge is 0.382 e. The Morgan fingerprint density at radius 3 is 2.62 bits per heavy atom. The number of anilines is 1. The van der Waals surface area contributed by atoms with E-state index in [1.807, 2.05) is 24.3 Å². The van der Waals surface area contributed by atoms with Crippen molar-refractivity contribution >= 4 is 11.7 Å². The summed E-state index contributed by atoms with van der Waals surface area (Å²) in [7, 11) is 0. The van der Waals surface area contributed by atoms with Crippen molar-refractivity contribution in [2.24, 2.45) is 0 Å². The summed E-state index contributed by atoms with van der Waals surface area (Å²) in [6.45, 7) is 6.01. The highest BCUT2D eigenvalue weighted by atomic mass is 16.4. The highest BCUT2D eigenvalue weighted by Gasteiger charge is 2.01. The van der Waals surface area contributed by atoms with E-state index < -0.39 is 5.97 Å². The molecule has 0 amide bonds. The highest BCUT2D eigenvalue weighted by Crippen LogP contribution is 2.15. The van der Waals surface area contributed by atoms with Gasteiger partial charge in [0.2, 0.25) is 0 Å². The van der Waals surface area contributed by atoms with Crippen molar-refractivity contribution < 1.29 is 9.90 Å². The Hall–Kier alpha value is -1.95. The van der Waals surface area contributed by atoms with Crippen molar-refractivity contribution in [2.75, 3.05) is 18.0 Å². The van der Waals surface area contributed by atoms with Gasteiger partial charge in [-0.1, -0.05) is 12.0 Å². The third kappa shape index (κ3) is 3.32. The van der Waals surface area contributed by atoms with Gasteiger partial charge >= 0.3 is 5.97 Å². The van der Waals surface area contributed by atoms with Crippen LogP contribution in [-0.2, 0) is 4.79 Å². The van der Waals surface area contributed by atoms with Gasteiger partial charge in [-0.3, -0.25) is 0 Å². The van der Waals surface area contributed by atoms with Crippen molar-refractivity contribution in [3.8, 4) is 11.8 Å². The van der Waals surface area contributed by atoms with Gasteiger partial charge in [-0.05, 0) is 32.0 Å². The van der Waals surface area contributed by atoms with E-state index in [2.05, 4.69) is 30.6 Å². The summed E-state index contributed by atoms with van der Waals surface area (Å²) in [6.07, 6.45) is 0. The van der Waals surface area contributed by atoms with Gasteiger partial charge in [-0.2, -0.15) is 0 Å². The zero-order valence-corrected chi connectivity index (χ0v) is 9.53.